The summed E-state index contributed by atoms with van der Waals surface area (Å²) in [5, 5.41) is 18.1. The fourth-order valence-electron chi connectivity index (χ4n) is 4.58. The molecular weight excluding hydrogens is 526 g/mol. The summed E-state index contributed by atoms with van der Waals surface area (Å²) in [5.74, 6) is -1.89. The van der Waals surface area contributed by atoms with Gasteiger partial charge in [0.2, 0.25) is 17.3 Å². The number of aliphatic hydroxyl groups excluding tert-OH is 1. The summed E-state index contributed by atoms with van der Waals surface area (Å²) in [7, 11) is -4.96. The van der Waals surface area contributed by atoms with E-state index in [0.717, 1.165) is 32.1 Å². The summed E-state index contributed by atoms with van der Waals surface area (Å²) in [4.78, 5) is 37.8. The van der Waals surface area contributed by atoms with E-state index in [2.05, 4.69) is 16.0 Å². The number of carbonyl (C=O) groups excluding carboxylic acids is 3. The highest BCUT2D eigenvalue weighted by molar-refractivity contribution is 7.86. The molecule has 3 rings (SSSR count). The molecule has 1 heterocycles. The van der Waals surface area contributed by atoms with Crippen molar-refractivity contribution < 1.29 is 37.2 Å². The minimum absolute atomic E-state index is 0.0859. The number of alkyl carbamates (subject to hydrolysis) is 1. The molecule has 0 saturated heterocycles. The van der Waals surface area contributed by atoms with Gasteiger partial charge in [0.15, 0.2) is 0 Å². The van der Waals surface area contributed by atoms with Crippen LogP contribution >= 0.6 is 11.6 Å². The molecular formula is C24H32ClN3O8S. The molecule has 1 aliphatic carbocycles. The maximum Gasteiger partial charge on any atom is 0.408 e. The zero-order valence-corrected chi connectivity index (χ0v) is 21.7. The first-order chi connectivity index (χ1) is 17.5. The van der Waals surface area contributed by atoms with Gasteiger partial charge in [-0.1, -0.05) is 61.9 Å². The van der Waals surface area contributed by atoms with Gasteiger partial charge in [-0.3, -0.25) is 14.1 Å². The van der Waals surface area contributed by atoms with Crippen molar-refractivity contribution in [2.24, 2.45) is 11.8 Å². The zero-order chi connectivity index (χ0) is 27.0. The molecule has 1 aliphatic heterocycles. The minimum Gasteiger partial charge on any atom is -0.445 e. The highest BCUT2D eigenvalue weighted by Crippen LogP contribution is 2.28. The molecule has 11 nitrogen and oxygen atoms in total. The van der Waals surface area contributed by atoms with Crippen LogP contribution in [0, 0.1) is 11.8 Å². The molecule has 3 amide bonds. The van der Waals surface area contributed by atoms with Crippen LogP contribution < -0.4 is 16.0 Å². The molecule has 4 atom stereocenters. The molecule has 0 radical (unpaired) electrons. The molecule has 1 fully saturated rings. The lowest BCUT2D eigenvalue weighted by molar-refractivity contribution is -0.126. The van der Waals surface area contributed by atoms with Crippen molar-refractivity contribution in [1.29, 1.82) is 0 Å². The van der Waals surface area contributed by atoms with E-state index in [4.69, 9.17) is 16.3 Å². The van der Waals surface area contributed by atoms with Crippen molar-refractivity contribution >= 4 is 39.6 Å². The van der Waals surface area contributed by atoms with E-state index in [-0.39, 0.29) is 25.4 Å². The number of rotatable bonds is 11. The lowest BCUT2D eigenvalue weighted by atomic mass is 9.84. The second-order valence-electron chi connectivity index (χ2n) is 9.37. The van der Waals surface area contributed by atoms with Gasteiger partial charge in [0.05, 0.1) is 12.0 Å². The van der Waals surface area contributed by atoms with Crippen molar-refractivity contribution in [2.75, 3.05) is 0 Å². The molecule has 37 heavy (non-hydrogen) atoms. The van der Waals surface area contributed by atoms with Gasteiger partial charge in [-0.15, -0.1) is 0 Å². The van der Waals surface area contributed by atoms with Crippen LogP contribution in [0.5, 0.6) is 0 Å². The number of benzene rings is 1. The molecule has 13 heteroatoms. The summed E-state index contributed by atoms with van der Waals surface area (Å²) in [5.41, 5.74) is -1.72. The van der Waals surface area contributed by atoms with Crippen LogP contribution in [0.3, 0.4) is 0 Å². The van der Waals surface area contributed by atoms with Gasteiger partial charge in [-0.05, 0) is 36.5 Å². The van der Waals surface area contributed by atoms with E-state index in [1.54, 1.807) is 24.3 Å². The first kappa shape index (κ1) is 28.9. The van der Waals surface area contributed by atoms with Crippen molar-refractivity contribution in [1.82, 2.24) is 16.0 Å². The molecule has 0 unspecified atom stereocenters. The third-order valence-corrected chi connectivity index (χ3v) is 7.71. The summed E-state index contributed by atoms with van der Waals surface area (Å²) < 4.78 is 38.0. The Kier molecular flexibility index (Phi) is 10.3. The second-order valence-corrected chi connectivity index (χ2v) is 11.3. The molecule has 1 saturated carbocycles. The van der Waals surface area contributed by atoms with Gasteiger partial charge < -0.3 is 25.8 Å². The Hall–Kier alpha value is -2.67. The standard InChI is InChI=1S/C24H32ClN3O8S/c25-18-8-4-7-16(11-18)14-36-24(32)28-19(12-15-5-2-1-3-6-15)22(30)27-20(23(31)37(33,34)35)13-17-9-10-26-21(17)29/h4,7-11,15,17,19-20,23,31H,1-3,5-6,12-14H2,(H,26,29)(H,27,30)(H,28,32)(H,33,34,35)/t17-,19-,20-,23-/m0/s1. The Morgan fingerprint density at radius 1 is 1.16 bits per heavy atom. The van der Waals surface area contributed by atoms with E-state index < -0.39 is 51.5 Å². The molecule has 204 valence electrons. The van der Waals surface area contributed by atoms with Crippen molar-refractivity contribution in [3.05, 3.63) is 47.1 Å². The summed E-state index contributed by atoms with van der Waals surface area (Å²) >= 11 is 5.95. The highest BCUT2D eigenvalue weighted by atomic mass is 35.5. The van der Waals surface area contributed by atoms with Gasteiger partial charge in [0.25, 0.3) is 10.1 Å². The van der Waals surface area contributed by atoms with Crippen molar-refractivity contribution in [3.8, 4) is 0 Å². The quantitative estimate of drug-likeness (QED) is 0.258. The average Bonchev–Trinajstić information content (AvgIpc) is 3.25. The Bertz CT molecular complexity index is 1110. The first-order valence-electron chi connectivity index (χ1n) is 12.1. The lowest BCUT2D eigenvalue weighted by Crippen LogP contribution is -2.55. The fraction of sp³-hybridized carbons (Fsp3) is 0.542. The van der Waals surface area contributed by atoms with Gasteiger partial charge in [-0.2, -0.15) is 8.42 Å². The summed E-state index contributed by atoms with van der Waals surface area (Å²) in [6.45, 7) is -0.0859. The smallest absolute Gasteiger partial charge is 0.408 e. The van der Waals surface area contributed by atoms with Crippen LogP contribution in [0.4, 0.5) is 4.79 Å². The Morgan fingerprint density at radius 3 is 2.51 bits per heavy atom. The van der Waals surface area contributed by atoms with Crippen LogP contribution in [0.25, 0.3) is 0 Å². The van der Waals surface area contributed by atoms with Crippen LogP contribution in [-0.2, 0) is 31.1 Å². The number of carbonyl (C=O) groups is 3. The molecule has 0 spiro atoms. The van der Waals surface area contributed by atoms with Gasteiger partial charge in [0, 0.05) is 11.2 Å². The van der Waals surface area contributed by atoms with Crippen molar-refractivity contribution in [2.45, 2.75) is 69.1 Å². The van der Waals surface area contributed by atoms with E-state index in [1.807, 2.05) is 0 Å². The maximum absolute atomic E-state index is 13.3. The van der Waals surface area contributed by atoms with E-state index in [9.17, 15) is 32.5 Å². The molecule has 2 aliphatic rings. The van der Waals surface area contributed by atoms with E-state index >= 15 is 0 Å². The van der Waals surface area contributed by atoms with E-state index in [0.29, 0.717) is 10.6 Å². The van der Waals surface area contributed by atoms with Crippen molar-refractivity contribution in [3.63, 3.8) is 0 Å². The number of aliphatic hydroxyl groups is 1. The van der Waals surface area contributed by atoms with Gasteiger partial charge in [-0.25, -0.2) is 4.79 Å². The van der Waals surface area contributed by atoms with Crippen LogP contribution in [0.1, 0.15) is 50.5 Å². The third kappa shape index (κ3) is 8.99. The average molecular weight is 558 g/mol. The van der Waals surface area contributed by atoms with E-state index in [1.165, 1.54) is 12.3 Å². The van der Waals surface area contributed by atoms with Crippen LogP contribution in [0.15, 0.2) is 36.5 Å². The molecule has 1 aromatic rings. The third-order valence-electron chi connectivity index (χ3n) is 6.54. The normalized spacial score (nSPS) is 20.5. The number of halogens is 1. The maximum atomic E-state index is 13.3. The van der Waals surface area contributed by atoms with Crippen LogP contribution in [-0.4, -0.2) is 53.5 Å². The molecule has 0 aromatic heterocycles. The number of ether oxygens (including phenoxy) is 1. The number of hydrogen-bond acceptors (Lipinski definition) is 7. The summed E-state index contributed by atoms with van der Waals surface area (Å²) in [6, 6.07) is 4.13. The largest absolute Gasteiger partial charge is 0.445 e. The van der Waals surface area contributed by atoms with Gasteiger partial charge >= 0.3 is 6.09 Å². The number of hydrogen-bond donors (Lipinski definition) is 5. The second kappa shape index (κ2) is 13.2. The number of amides is 3. The predicted molar refractivity (Wildman–Crippen MR) is 135 cm³/mol. The molecule has 5 N–H and O–H groups in total. The topological polar surface area (TPSA) is 171 Å². The molecule has 0 bridgehead atoms. The van der Waals surface area contributed by atoms with Crippen LogP contribution in [0.2, 0.25) is 5.02 Å². The SMILES string of the molecule is O=C(N[C@@H](CC1CCCCC1)C(=O)N[C@@H](C[C@@H]1C=CNC1=O)[C@@H](O)S(=O)(=O)O)OCc1cccc(Cl)c1. The Labute approximate surface area is 220 Å². The zero-order valence-electron chi connectivity index (χ0n) is 20.1. The minimum atomic E-state index is -4.96. The first-order valence-corrected chi connectivity index (χ1v) is 14.0. The Morgan fingerprint density at radius 2 is 1.89 bits per heavy atom. The van der Waals surface area contributed by atoms with Gasteiger partial charge in [0.1, 0.15) is 12.6 Å². The fourth-order valence-corrected chi connectivity index (χ4v) is 5.39. The molecule has 1 aromatic carbocycles. The summed E-state index contributed by atoms with van der Waals surface area (Å²) in [6.07, 6.45) is 6.76. The predicted octanol–water partition coefficient (Wildman–Crippen LogP) is 2.25. The lowest BCUT2D eigenvalue weighted by Gasteiger charge is -2.29. The number of nitrogens with one attached hydrogen (secondary N) is 3. The Balaban J connectivity index is 1.71. The monoisotopic (exact) mass is 557 g/mol. The highest BCUT2D eigenvalue weighted by Gasteiger charge is 2.37.